The number of nitro groups is 1. The van der Waals surface area contributed by atoms with Gasteiger partial charge in [-0.15, -0.1) is 0 Å². The fourth-order valence-electron chi connectivity index (χ4n) is 0.733. The lowest BCUT2D eigenvalue weighted by atomic mass is 10.3. The van der Waals surface area contributed by atoms with E-state index in [-0.39, 0.29) is 15.9 Å². The zero-order valence-electron chi connectivity index (χ0n) is 5.62. The number of nitrogens with zero attached hydrogens (tertiary/aromatic N) is 1. The Morgan fingerprint density at radius 3 is 2.42 bits per heavy atom. The molecule has 0 atom stereocenters. The normalized spacial score (nSPS) is 9.83. The summed E-state index contributed by atoms with van der Waals surface area (Å²) in [5.41, 5.74) is -0.321. The number of rotatable bonds is 1. The van der Waals surface area contributed by atoms with Gasteiger partial charge < -0.3 is 5.11 Å². The summed E-state index contributed by atoms with van der Waals surface area (Å²) >= 11 is 6.05. The highest BCUT2D eigenvalue weighted by molar-refractivity contribution is 9.11. The molecule has 6 heteroatoms. The van der Waals surface area contributed by atoms with E-state index >= 15 is 0 Å². The Balaban J connectivity index is 3.38. The first-order valence-corrected chi connectivity index (χ1v) is 4.43. The summed E-state index contributed by atoms with van der Waals surface area (Å²) in [5, 5.41) is 19.5. The molecule has 1 N–H and O–H groups in total. The summed E-state index contributed by atoms with van der Waals surface area (Å²) in [6.45, 7) is 0. The molecule has 0 unspecified atom stereocenters. The molecule has 0 aliphatic rings. The third-order valence-corrected chi connectivity index (χ3v) is 2.25. The number of benzene rings is 1. The number of hydrogen-bond acceptors (Lipinski definition) is 3. The molecule has 64 valence electrons. The molecular weight excluding hydrogens is 294 g/mol. The number of phenols is 1. The third kappa shape index (κ3) is 1.75. The maximum atomic E-state index is 10.4. The molecule has 12 heavy (non-hydrogen) atoms. The Morgan fingerprint density at radius 2 is 2.00 bits per heavy atom. The van der Waals surface area contributed by atoms with Crippen molar-refractivity contribution in [1.29, 1.82) is 0 Å². The largest absolute Gasteiger partial charge is 0.502 e. The van der Waals surface area contributed by atoms with E-state index in [2.05, 4.69) is 31.9 Å². The standard InChI is InChI=1S/C6H3Br2NO3/c7-3-1-4(8)6(9(11)12)5(10)2-3/h1-2,10H. The second-order valence-corrected chi connectivity index (χ2v) is 3.78. The van der Waals surface area contributed by atoms with Gasteiger partial charge in [-0.2, -0.15) is 0 Å². The van der Waals surface area contributed by atoms with Crippen molar-refractivity contribution in [2.45, 2.75) is 0 Å². The van der Waals surface area contributed by atoms with Crippen molar-refractivity contribution in [2.75, 3.05) is 0 Å². The highest BCUT2D eigenvalue weighted by atomic mass is 79.9. The molecule has 1 rings (SSSR count). The molecule has 0 saturated carbocycles. The minimum atomic E-state index is -0.647. The molecule has 0 aliphatic heterocycles. The van der Waals surface area contributed by atoms with Crippen molar-refractivity contribution in [3.8, 4) is 5.75 Å². The molecule has 0 saturated heterocycles. The highest BCUT2D eigenvalue weighted by Gasteiger charge is 2.18. The predicted octanol–water partition coefficient (Wildman–Crippen LogP) is 2.83. The first-order valence-electron chi connectivity index (χ1n) is 2.85. The van der Waals surface area contributed by atoms with Crippen LogP contribution in [-0.2, 0) is 0 Å². The van der Waals surface area contributed by atoms with E-state index in [1.165, 1.54) is 12.1 Å². The Morgan fingerprint density at radius 1 is 1.42 bits per heavy atom. The lowest BCUT2D eigenvalue weighted by Gasteiger charge is -1.98. The second-order valence-electron chi connectivity index (χ2n) is 2.01. The van der Waals surface area contributed by atoms with E-state index < -0.39 is 4.92 Å². The number of halogens is 2. The topological polar surface area (TPSA) is 63.4 Å². The van der Waals surface area contributed by atoms with Crippen LogP contribution in [-0.4, -0.2) is 10.0 Å². The molecule has 0 spiro atoms. The van der Waals surface area contributed by atoms with E-state index in [0.29, 0.717) is 4.47 Å². The molecule has 0 fully saturated rings. The van der Waals surface area contributed by atoms with Gasteiger partial charge in [-0.25, -0.2) is 0 Å². The van der Waals surface area contributed by atoms with E-state index in [1.54, 1.807) is 0 Å². The molecule has 1 aromatic rings. The fraction of sp³-hybridized carbons (Fsp3) is 0. The summed E-state index contributed by atoms with van der Waals surface area (Å²) in [6.07, 6.45) is 0. The molecule has 0 heterocycles. The smallest absolute Gasteiger partial charge is 0.324 e. The Bertz CT molecular complexity index is 317. The molecule has 0 aromatic heterocycles. The predicted molar refractivity (Wildman–Crippen MR) is 50.2 cm³/mol. The zero-order chi connectivity index (χ0) is 9.30. The van der Waals surface area contributed by atoms with Crippen molar-refractivity contribution >= 4 is 37.5 Å². The van der Waals surface area contributed by atoms with E-state index in [9.17, 15) is 10.1 Å². The molecule has 0 aliphatic carbocycles. The van der Waals surface area contributed by atoms with Crippen LogP contribution in [0.15, 0.2) is 21.1 Å². The average molecular weight is 297 g/mol. The van der Waals surface area contributed by atoms with Gasteiger partial charge in [0.2, 0.25) is 0 Å². The monoisotopic (exact) mass is 295 g/mol. The molecule has 0 bridgehead atoms. The zero-order valence-corrected chi connectivity index (χ0v) is 8.79. The van der Waals surface area contributed by atoms with Crippen molar-refractivity contribution in [3.63, 3.8) is 0 Å². The van der Waals surface area contributed by atoms with Crippen LogP contribution in [0.1, 0.15) is 0 Å². The SMILES string of the molecule is O=[N+]([O-])c1c(O)cc(Br)cc1Br. The van der Waals surface area contributed by atoms with Crippen LogP contribution in [0, 0.1) is 10.1 Å². The van der Waals surface area contributed by atoms with Gasteiger partial charge >= 0.3 is 5.69 Å². The van der Waals surface area contributed by atoms with Crippen molar-refractivity contribution < 1.29 is 10.0 Å². The molecular formula is C6H3Br2NO3. The van der Waals surface area contributed by atoms with Gasteiger partial charge in [0.15, 0.2) is 5.75 Å². The summed E-state index contributed by atoms with van der Waals surface area (Å²) in [4.78, 5) is 9.71. The van der Waals surface area contributed by atoms with Crippen LogP contribution in [0.5, 0.6) is 5.75 Å². The highest BCUT2D eigenvalue weighted by Crippen LogP contribution is 2.36. The summed E-state index contributed by atoms with van der Waals surface area (Å²) < 4.78 is 0.830. The fourth-order valence-corrected chi connectivity index (χ4v) is 2.08. The maximum Gasteiger partial charge on any atom is 0.324 e. The summed E-state index contributed by atoms with van der Waals surface area (Å²) in [6, 6.07) is 2.76. The Hall–Kier alpha value is -0.620. The van der Waals surface area contributed by atoms with Gasteiger partial charge in [0.25, 0.3) is 0 Å². The van der Waals surface area contributed by atoms with E-state index in [0.717, 1.165) is 0 Å². The third-order valence-electron chi connectivity index (χ3n) is 1.19. The lowest BCUT2D eigenvalue weighted by molar-refractivity contribution is -0.386. The molecule has 4 nitrogen and oxygen atoms in total. The van der Waals surface area contributed by atoms with Gasteiger partial charge in [-0.3, -0.25) is 10.1 Å². The Kier molecular flexibility index (Phi) is 2.69. The van der Waals surface area contributed by atoms with Crippen molar-refractivity contribution in [1.82, 2.24) is 0 Å². The molecule has 0 radical (unpaired) electrons. The van der Waals surface area contributed by atoms with Crippen LogP contribution in [0.3, 0.4) is 0 Å². The van der Waals surface area contributed by atoms with Crippen LogP contribution in [0.25, 0.3) is 0 Å². The number of nitro benzene ring substituents is 1. The minimum Gasteiger partial charge on any atom is -0.502 e. The van der Waals surface area contributed by atoms with Gasteiger partial charge in [0, 0.05) is 10.5 Å². The first-order chi connectivity index (χ1) is 5.52. The van der Waals surface area contributed by atoms with Gasteiger partial charge in [-0.05, 0) is 22.0 Å². The minimum absolute atomic E-state index is 0.249. The summed E-state index contributed by atoms with van der Waals surface area (Å²) in [5.74, 6) is -0.360. The van der Waals surface area contributed by atoms with E-state index in [4.69, 9.17) is 5.11 Å². The number of hydrogen-bond donors (Lipinski definition) is 1. The lowest BCUT2D eigenvalue weighted by Crippen LogP contribution is -1.89. The van der Waals surface area contributed by atoms with Gasteiger partial charge in [-0.1, -0.05) is 15.9 Å². The average Bonchev–Trinajstić information content (AvgIpc) is 1.82. The Labute approximate surface area is 84.6 Å². The van der Waals surface area contributed by atoms with Crippen LogP contribution >= 0.6 is 31.9 Å². The van der Waals surface area contributed by atoms with Crippen molar-refractivity contribution in [3.05, 3.63) is 31.2 Å². The summed E-state index contributed by atoms with van der Waals surface area (Å²) in [7, 11) is 0. The maximum absolute atomic E-state index is 10.4. The number of phenolic OH excluding ortho intramolecular Hbond substituents is 1. The van der Waals surface area contributed by atoms with E-state index in [1.807, 2.05) is 0 Å². The van der Waals surface area contributed by atoms with Crippen LogP contribution in [0.4, 0.5) is 5.69 Å². The molecule has 0 amide bonds. The van der Waals surface area contributed by atoms with Crippen LogP contribution < -0.4 is 0 Å². The molecule has 1 aromatic carbocycles. The first kappa shape index (κ1) is 9.47. The quantitative estimate of drug-likeness (QED) is 0.640. The van der Waals surface area contributed by atoms with Crippen molar-refractivity contribution in [2.24, 2.45) is 0 Å². The van der Waals surface area contributed by atoms with Gasteiger partial charge in [0.05, 0.1) is 4.92 Å². The number of aromatic hydroxyl groups is 1. The second kappa shape index (κ2) is 3.40. The van der Waals surface area contributed by atoms with Crippen LogP contribution in [0.2, 0.25) is 0 Å². The van der Waals surface area contributed by atoms with Gasteiger partial charge in [0.1, 0.15) is 4.47 Å².